The first kappa shape index (κ1) is 23.4. The average molecular weight is 516 g/mol. The number of rotatable bonds is 6. The summed E-state index contributed by atoms with van der Waals surface area (Å²) in [5.41, 5.74) is -0.845. The van der Waals surface area contributed by atoms with Crippen molar-refractivity contribution >= 4 is 40.6 Å². The summed E-state index contributed by atoms with van der Waals surface area (Å²) in [4.78, 5) is 37.8. The summed E-state index contributed by atoms with van der Waals surface area (Å²) in [6.45, 7) is 5.30. The molecule has 2 amide bonds. The topological polar surface area (TPSA) is 93.7 Å². The van der Waals surface area contributed by atoms with Crippen LogP contribution >= 0.6 is 22.6 Å². The zero-order chi connectivity index (χ0) is 21.7. The van der Waals surface area contributed by atoms with Gasteiger partial charge in [0.15, 0.2) is 0 Å². The standard InChI is InChI=1S/C21H29IN2O5/c1-20(2,3)29-19(27)24-21(11-5-6-12-21)18(26)23-16(17(25)28-4)13-14-7-9-15(22)10-8-14/h7-10,16H,5-6,11-13H2,1-4H3,(H,23,26)(H,24,27). The second kappa shape index (κ2) is 9.77. The third-order valence-electron chi connectivity index (χ3n) is 4.78. The molecule has 1 aromatic carbocycles. The Balaban J connectivity index is 2.14. The minimum atomic E-state index is -1.08. The third kappa shape index (κ3) is 6.87. The van der Waals surface area contributed by atoms with E-state index in [0.717, 1.165) is 22.0 Å². The number of alkyl carbamates (subject to hydrolysis) is 1. The Morgan fingerprint density at radius 3 is 2.24 bits per heavy atom. The molecule has 8 heteroatoms. The highest BCUT2D eigenvalue weighted by Gasteiger charge is 2.44. The van der Waals surface area contributed by atoms with Gasteiger partial charge in [-0.05, 0) is 73.9 Å². The molecular formula is C21H29IN2O5. The Kier molecular flexibility index (Phi) is 7.90. The Hall–Kier alpha value is -1.84. The zero-order valence-corrected chi connectivity index (χ0v) is 19.5. The molecule has 1 aliphatic carbocycles. The maximum absolute atomic E-state index is 13.2. The Labute approximate surface area is 185 Å². The van der Waals surface area contributed by atoms with Crippen LogP contribution in [0.1, 0.15) is 52.0 Å². The molecule has 0 aromatic heterocycles. The monoisotopic (exact) mass is 516 g/mol. The van der Waals surface area contributed by atoms with E-state index in [1.165, 1.54) is 7.11 Å². The number of nitrogens with one attached hydrogen (secondary N) is 2. The quantitative estimate of drug-likeness (QED) is 0.447. The highest BCUT2D eigenvalue weighted by molar-refractivity contribution is 14.1. The van der Waals surface area contributed by atoms with Crippen LogP contribution in [-0.2, 0) is 25.5 Å². The number of ether oxygens (including phenoxy) is 2. The first-order valence-corrected chi connectivity index (χ1v) is 10.8. The smallest absolute Gasteiger partial charge is 0.408 e. The van der Waals surface area contributed by atoms with E-state index < -0.39 is 29.2 Å². The van der Waals surface area contributed by atoms with E-state index in [-0.39, 0.29) is 5.91 Å². The molecule has 0 bridgehead atoms. The number of carbonyl (C=O) groups is 3. The number of methoxy groups -OCH3 is 1. The number of amides is 2. The van der Waals surface area contributed by atoms with E-state index in [9.17, 15) is 14.4 Å². The lowest BCUT2D eigenvalue weighted by atomic mass is 9.95. The molecule has 0 radical (unpaired) electrons. The van der Waals surface area contributed by atoms with E-state index in [0.29, 0.717) is 19.3 Å². The summed E-state index contributed by atoms with van der Waals surface area (Å²) in [6.07, 6.45) is 2.27. The zero-order valence-electron chi connectivity index (χ0n) is 17.3. The molecule has 7 nitrogen and oxygen atoms in total. The van der Waals surface area contributed by atoms with Gasteiger partial charge in [0.2, 0.25) is 5.91 Å². The van der Waals surface area contributed by atoms with Gasteiger partial charge in [0, 0.05) is 9.99 Å². The van der Waals surface area contributed by atoms with Crippen LogP contribution in [-0.4, -0.2) is 42.3 Å². The molecule has 2 rings (SSSR count). The fourth-order valence-electron chi connectivity index (χ4n) is 3.37. The van der Waals surface area contributed by atoms with Crippen molar-refractivity contribution in [2.24, 2.45) is 0 Å². The van der Waals surface area contributed by atoms with Crippen LogP contribution in [0.4, 0.5) is 4.79 Å². The van der Waals surface area contributed by atoms with Crippen molar-refractivity contribution < 1.29 is 23.9 Å². The number of benzene rings is 1. The molecule has 1 fully saturated rings. The van der Waals surface area contributed by atoms with E-state index in [1.807, 2.05) is 24.3 Å². The molecule has 1 atom stereocenters. The van der Waals surface area contributed by atoms with Gasteiger partial charge in [0.1, 0.15) is 17.2 Å². The first-order chi connectivity index (χ1) is 13.5. The van der Waals surface area contributed by atoms with Gasteiger partial charge in [-0.25, -0.2) is 9.59 Å². The van der Waals surface area contributed by atoms with E-state index >= 15 is 0 Å². The fourth-order valence-corrected chi connectivity index (χ4v) is 3.73. The van der Waals surface area contributed by atoms with Crippen LogP contribution in [0.3, 0.4) is 0 Å². The number of hydrogen-bond donors (Lipinski definition) is 2. The van der Waals surface area contributed by atoms with Gasteiger partial charge in [-0.1, -0.05) is 25.0 Å². The summed E-state index contributed by atoms with van der Waals surface area (Å²) >= 11 is 2.20. The van der Waals surface area contributed by atoms with Gasteiger partial charge in [-0.2, -0.15) is 0 Å². The van der Waals surface area contributed by atoms with Gasteiger partial charge in [0.05, 0.1) is 7.11 Å². The van der Waals surface area contributed by atoms with Gasteiger partial charge < -0.3 is 20.1 Å². The van der Waals surface area contributed by atoms with Crippen molar-refractivity contribution in [1.29, 1.82) is 0 Å². The van der Waals surface area contributed by atoms with Crippen LogP contribution < -0.4 is 10.6 Å². The van der Waals surface area contributed by atoms with Crippen LogP contribution in [0.25, 0.3) is 0 Å². The van der Waals surface area contributed by atoms with Gasteiger partial charge >= 0.3 is 12.1 Å². The highest BCUT2D eigenvalue weighted by atomic mass is 127. The Bertz CT molecular complexity index is 736. The van der Waals surface area contributed by atoms with E-state index in [1.54, 1.807) is 20.8 Å². The minimum absolute atomic E-state index is 0.303. The second-order valence-electron chi connectivity index (χ2n) is 8.30. The van der Waals surface area contributed by atoms with Crippen LogP contribution in [0, 0.1) is 3.57 Å². The van der Waals surface area contributed by atoms with E-state index in [2.05, 4.69) is 33.2 Å². The lowest BCUT2D eigenvalue weighted by Crippen LogP contribution is -2.60. The molecular weight excluding hydrogens is 487 g/mol. The molecule has 1 unspecified atom stereocenters. The summed E-state index contributed by atoms with van der Waals surface area (Å²) in [5, 5.41) is 5.55. The third-order valence-corrected chi connectivity index (χ3v) is 5.50. The maximum Gasteiger partial charge on any atom is 0.408 e. The van der Waals surface area contributed by atoms with Crippen LogP contribution in [0.5, 0.6) is 0 Å². The molecule has 1 aromatic rings. The maximum atomic E-state index is 13.2. The van der Waals surface area contributed by atoms with E-state index in [4.69, 9.17) is 9.47 Å². The number of esters is 1. The Morgan fingerprint density at radius 1 is 1.14 bits per heavy atom. The normalized spacial score (nSPS) is 16.6. The van der Waals surface area contributed by atoms with Crippen molar-refractivity contribution in [3.8, 4) is 0 Å². The number of hydrogen-bond acceptors (Lipinski definition) is 5. The van der Waals surface area contributed by atoms with Gasteiger partial charge in [-0.15, -0.1) is 0 Å². The van der Waals surface area contributed by atoms with Crippen molar-refractivity contribution in [2.45, 2.75) is 70.1 Å². The highest BCUT2D eigenvalue weighted by Crippen LogP contribution is 2.30. The first-order valence-electron chi connectivity index (χ1n) is 9.69. The van der Waals surface area contributed by atoms with Gasteiger partial charge in [0.25, 0.3) is 0 Å². The molecule has 0 saturated heterocycles. The number of halogens is 1. The summed E-state index contributed by atoms with van der Waals surface area (Å²) in [5.74, 6) is -0.913. The van der Waals surface area contributed by atoms with Crippen molar-refractivity contribution in [3.05, 3.63) is 33.4 Å². The van der Waals surface area contributed by atoms with Crippen molar-refractivity contribution in [2.75, 3.05) is 7.11 Å². The summed E-state index contributed by atoms with van der Waals surface area (Å²) in [6, 6.07) is 6.86. The molecule has 0 aliphatic heterocycles. The van der Waals surface area contributed by atoms with Gasteiger partial charge in [-0.3, -0.25) is 4.79 Å². The largest absolute Gasteiger partial charge is 0.467 e. The fraction of sp³-hybridized carbons (Fsp3) is 0.571. The molecule has 29 heavy (non-hydrogen) atoms. The second-order valence-corrected chi connectivity index (χ2v) is 9.54. The minimum Gasteiger partial charge on any atom is -0.467 e. The van der Waals surface area contributed by atoms with Crippen molar-refractivity contribution in [1.82, 2.24) is 10.6 Å². The summed E-state index contributed by atoms with van der Waals surface area (Å²) in [7, 11) is 1.29. The molecule has 0 heterocycles. The Morgan fingerprint density at radius 2 is 1.72 bits per heavy atom. The lowest BCUT2D eigenvalue weighted by Gasteiger charge is -2.32. The number of carbonyl (C=O) groups excluding carboxylic acids is 3. The lowest BCUT2D eigenvalue weighted by molar-refractivity contribution is -0.145. The van der Waals surface area contributed by atoms with Crippen LogP contribution in [0.15, 0.2) is 24.3 Å². The van der Waals surface area contributed by atoms with Crippen LogP contribution in [0.2, 0.25) is 0 Å². The summed E-state index contributed by atoms with van der Waals surface area (Å²) < 4.78 is 11.3. The van der Waals surface area contributed by atoms with Crippen molar-refractivity contribution in [3.63, 3.8) is 0 Å². The molecule has 1 saturated carbocycles. The molecule has 160 valence electrons. The molecule has 1 aliphatic rings. The SMILES string of the molecule is COC(=O)C(Cc1ccc(I)cc1)NC(=O)C1(NC(=O)OC(C)(C)C)CCCC1. The molecule has 0 spiro atoms. The molecule has 2 N–H and O–H groups in total. The predicted octanol–water partition coefficient (Wildman–Crippen LogP) is 3.33. The average Bonchev–Trinajstić information content (AvgIpc) is 3.10. The predicted molar refractivity (Wildman–Crippen MR) is 117 cm³/mol.